The minimum atomic E-state index is -0.313. The molecule has 0 bridgehead atoms. The van der Waals surface area contributed by atoms with Crippen molar-refractivity contribution in [2.24, 2.45) is 0 Å². The zero-order chi connectivity index (χ0) is 16.9. The van der Waals surface area contributed by atoms with E-state index in [-0.39, 0.29) is 18.1 Å². The van der Waals surface area contributed by atoms with Crippen LogP contribution in [0.3, 0.4) is 0 Å². The van der Waals surface area contributed by atoms with Gasteiger partial charge in [-0.15, -0.1) is 0 Å². The molecular weight excluding hydrogens is 303 g/mol. The second-order valence-electron chi connectivity index (χ2n) is 5.47. The van der Waals surface area contributed by atoms with Crippen molar-refractivity contribution < 1.29 is 9.18 Å². The molecule has 3 rings (SSSR count). The van der Waals surface area contributed by atoms with Crippen LogP contribution in [0, 0.1) is 5.82 Å². The van der Waals surface area contributed by atoms with Crippen molar-refractivity contribution in [1.82, 2.24) is 10.9 Å². The first-order chi connectivity index (χ1) is 11.6. The third-order valence-corrected chi connectivity index (χ3v) is 3.78. The summed E-state index contributed by atoms with van der Waals surface area (Å²) in [6.07, 6.45) is 0.255. The summed E-state index contributed by atoms with van der Waals surface area (Å²) in [5, 5.41) is 2.17. The van der Waals surface area contributed by atoms with E-state index in [1.54, 1.807) is 12.1 Å². The van der Waals surface area contributed by atoms with Gasteiger partial charge in [0, 0.05) is 0 Å². The summed E-state index contributed by atoms with van der Waals surface area (Å²) in [5.74, 6) is -0.485. The Labute approximate surface area is 139 Å². The molecule has 2 N–H and O–H groups in total. The lowest BCUT2D eigenvalue weighted by atomic mass is 10.0. The molecule has 0 radical (unpaired) electrons. The number of amides is 1. The number of fused-ring (bicyclic) bond motifs is 1. The van der Waals surface area contributed by atoms with Gasteiger partial charge in [-0.1, -0.05) is 49.0 Å². The average molecular weight is 320 g/mol. The van der Waals surface area contributed by atoms with Crippen LogP contribution in [0.15, 0.2) is 73.3 Å². The summed E-state index contributed by atoms with van der Waals surface area (Å²) >= 11 is 0. The maximum absolute atomic E-state index is 12.9. The molecule has 1 amide bonds. The Hall–Kier alpha value is -3.14. The number of hydrogen-bond donors (Lipinski definition) is 2. The zero-order valence-corrected chi connectivity index (χ0v) is 13.1. The lowest BCUT2D eigenvalue weighted by molar-refractivity contribution is -0.121. The number of halogens is 1. The predicted molar refractivity (Wildman–Crippen MR) is 94.4 cm³/mol. The normalized spacial score (nSPS) is 10.4. The first kappa shape index (κ1) is 15.7. The highest BCUT2D eigenvalue weighted by Crippen LogP contribution is 2.18. The van der Waals surface area contributed by atoms with Crippen LogP contribution in [0.25, 0.3) is 16.5 Å². The molecule has 0 saturated carbocycles. The Balaban J connectivity index is 1.63. The van der Waals surface area contributed by atoms with Gasteiger partial charge >= 0.3 is 0 Å². The summed E-state index contributed by atoms with van der Waals surface area (Å²) < 4.78 is 12.9. The van der Waals surface area contributed by atoms with Gasteiger partial charge in [-0.3, -0.25) is 15.6 Å². The number of hydrazine groups is 1. The van der Waals surface area contributed by atoms with E-state index in [1.807, 2.05) is 42.5 Å². The summed E-state index contributed by atoms with van der Waals surface area (Å²) in [5.41, 5.74) is 7.57. The van der Waals surface area contributed by atoms with Crippen LogP contribution < -0.4 is 10.9 Å². The highest BCUT2D eigenvalue weighted by molar-refractivity contribution is 5.90. The van der Waals surface area contributed by atoms with Crippen molar-refractivity contribution >= 4 is 22.4 Å². The minimum absolute atomic E-state index is 0.172. The van der Waals surface area contributed by atoms with E-state index >= 15 is 0 Å². The van der Waals surface area contributed by atoms with Crippen molar-refractivity contribution in [2.75, 3.05) is 0 Å². The Morgan fingerprint density at radius 1 is 0.917 bits per heavy atom. The Kier molecular flexibility index (Phi) is 4.57. The third-order valence-electron chi connectivity index (χ3n) is 3.78. The first-order valence-corrected chi connectivity index (χ1v) is 7.60. The molecule has 3 aromatic carbocycles. The summed E-state index contributed by atoms with van der Waals surface area (Å²) in [4.78, 5) is 12.2. The minimum Gasteiger partial charge on any atom is -0.299 e. The van der Waals surface area contributed by atoms with Crippen LogP contribution in [-0.2, 0) is 11.2 Å². The lowest BCUT2D eigenvalue weighted by Crippen LogP contribution is -2.36. The fourth-order valence-electron chi connectivity index (χ4n) is 2.53. The zero-order valence-electron chi connectivity index (χ0n) is 13.1. The highest BCUT2D eigenvalue weighted by atomic mass is 19.1. The molecule has 4 heteroatoms. The van der Waals surface area contributed by atoms with Crippen LogP contribution in [-0.4, -0.2) is 5.91 Å². The van der Waals surface area contributed by atoms with Gasteiger partial charge < -0.3 is 0 Å². The largest absolute Gasteiger partial charge is 0.299 e. The quantitative estimate of drug-likeness (QED) is 0.702. The molecule has 0 atom stereocenters. The van der Waals surface area contributed by atoms with E-state index in [2.05, 4.69) is 17.4 Å². The van der Waals surface area contributed by atoms with Crippen molar-refractivity contribution in [3.63, 3.8) is 0 Å². The molecule has 0 aromatic heterocycles. The molecule has 0 spiro atoms. The van der Waals surface area contributed by atoms with Crippen LogP contribution in [0.1, 0.15) is 11.1 Å². The predicted octanol–water partition coefficient (Wildman–Crippen LogP) is 3.81. The standard InChI is InChI=1S/C20H17FN2O/c1-14(15-9-11-18(21)12-10-15)22-23-20(24)13-17-7-4-6-16-5-2-3-8-19(16)17/h2-12,22H,1,13H2,(H,23,24). The van der Waals surface area contributed by atoms with E-state index in [4.69, 9.17) is 0 Å². The maximum Gasteiger partial charge on any atom is 0.242 e. The molecule has 0 heterocycles. The molecule has 0 fully saturated rings. The molecule has 0 aliphatic heterocycles. The summed E-state index contributed by atoms with van der Waals surface area (Å²) in [7, 11) is 0. The van der Waals surface area contributed by atoms with Crippen LogP contribution in [0.4, 0.5) is 4.39 Å². The van der Waals surface area contributed by atoms with E-state index in [0.29, 0.717) is 11.3 Å². The Morgan fingerprint density at radius 3 is 2.42 bits per heavy atom. The second-order valence-corrected chi connectivity index (χ2v) is 5.47. The highest BCUT2D eigenvalue weighted by Gasteiger charge is 2.07. The molecule has 0 saturated heterocycles. The lowest BCUT2D eigenvalue weighted by Gasteiger charge is -2.12. The van der Waals surface area contributed by atoms with E-state index in [1.165, 1.54) is 12.1 Å². The van der Waals surface area contributed by atoms with Crippen LogP contribution in [0.5, 0.6) is 0 Å². The number of nitrogens with one attached hydrogen (secondary N) is 2. The molecule has 3 nitrogen and oxygen atoms in total. The van der Waals surface area contributed by atoms with Crippen molar-refractivity contribution in [1.29, 1.82) is 0 Å². The van der Waals surface area contributed by atoms with Gasteiger partial charge in [-0.05, 0) is 46.2 Å². The molecule has 0 aliphatic carbocycles. The van der Waals surface area contributed by atoms with Crippen molar-refractivity contribution in [3.05, 3.63) is 90.3 Å². The Bertz CT molecular complexity index is 882. The van der Waals surface area contributed by atoms with Gasteiger partial charge in [0.25, 0.3) is 0 Å². The monoisotopic (exact) mass is 320 g/mol. The van der Waals surface area contributed by atoms with Gasteiger partial charge in [0.05, 0.1) is 12.1 Å². The van der Waals surface area contributed by atoms with Gasteiger partial charge in [0.15, 0.2) is 0 Å². The van der Waals surface area contributed by atoms with E-state index in [0.717, 1.165) is 16.3 Å². The Morgan fingerprint density at radius 2 is 1.62 bits per heavy atom. The number of hydrogen-bond acceptors (Lipinski definition) is 2. The third kappa shape index (κ3) is 3.60. The van der Waals surface area contributed by atoms with Crippen molar-refractivity contribution in [2.45, 2.75) is 6.42 Å². The molecule has 24 heavy (non-hydrogen) atoms. The molecule has 0 unspecified atom stereocenters. The van der Waals surface area contributed by atoms with Crippen molar-refractivity contribution in [3.8, 4) is 0 Å². The van der Waals surface area contributed by atoms with Gasteiger partial charge in [-0.25, -0.2) is 4.39 Å². The summed E-state index contributed by atoms with van der Waals surface area (Å²) in [6.45, 7) is 3.84. The molecule has 3 aromatic rings. The van der Waals surface area contributed by atoms with E-state index in [9.17, 15) is 9.18 Å². The number of carbonyl (C=O) groups is 1. The fraction of sp³-hybridized carbons (Fsp3) is 0.0500. The fourth-order valence-corrected chi connectivity index (χ4v) is 2.53. The average Bonchev–Trinajstić information content (AvgIpc) is 2.61. The van der Waals surface area contributed by atoms with Crippen LogP contribution >= 0.6 is 0 Å². The number of carbonyl (C=O) groups excluding carboxylic acids is 1. The van der Waals surface area contributed by atoms with Gasteiger partial charge in [-0.2, -0.15) is 0 Å². The maximum atomic E-state index is 12.9. The van der Waals surface area contributed by atoms with Gasteiger partial charge in [0.1, 0.15) is 5.82 Å². The molecule has 0 aliphatic rings. The SMILES string of the molecule is C=C(NNC(=O)Cc1cccc2ccccc12)c1ccc(F)cc1. The summed E-state index contributed by atoms with van der Waals surface area (Å²) in [6, 6.07) is 19.7. The smallest absolute Gasteiger partial charge is 0.242 e. The van der Waals surface area contributed by atoms with Crippen LogP contribution in [0.2, 0.25) is 0 Å². The molecule has 120 valence electrons. The first-order valence-electron chi connectivity index (χ1n) is 7.60. The van der Waals surface area contributed by atoms with Gasteiger partial charge in [0.2, 0.25) is 5.91 Å². The number of rotatable bonds is 5. The second kappa shape index (κ2) is 6.96. The topological polar surface area (TPSA) is 41.1 Å². The van der Waals surface area contributed by atoms with E-state index < -0.39 is 0 Å². The molecular formula is C20H17FN2O. The number of benzene rings is 3.